The van der Waals surface area contributed by atoms with E-state index in [0.29, 0.717) is 5.25 Å². The summed E-state index contributed by atoms with van der Waals surface area (Å²) in [4.78, 5) is 4.15. The van der Waals surface area contributed by atoms with Crippen LogP contribution in [0.5, 0.6) is 0 Å². The molecule has 2 nitrogen and oxygen atoms in total. The average Bonchev–Trinajstić information content (AvgIpc) is 3.11. The minimum atomic E-state index is 0.587. The second-order valence-corrected chi connectivity index (χ2v) is 7.94. The van der Waals surface area contributed by atoms with Crippen LogP contribution >= 0.6 is 11.8 Å². The first-order chi connectivity index (χ1) is 11.8. The van der Waals surface area contributed by atoms with Crippen LogP contribution in [0.1, 0.15) is 68.2 Å². The number of benzene rings is 1. The molecule has 0 radical (unpaired) electrons. The van der Waals surface area contributed by atoms with E-state index in [2.05, 4.69) is 65.6 Å². The van der Waals surface area contributed by atoms with Crippen molar-refractivity contribution in [1.82, 2.24) is 9.55 Å². The SMILES string of the molecule is CCCCCCCCSC(CCn1ccnc1)c1ccc(C)cc1. The van der Waals surface area contributed by atoms with E-state index in [9.17, 15) is 0 Å². The van der Waals surface area contributed by atoms with Crippen molar-refractivity contribution in [2.75, 3.05) is 5.75 Å². The number of hydrogen-bond acceptors (Lipinski definition) is 2. The molecule has 0 aliphatic carbocycles. The van der Waals surface area contributed by atoms with Crippen molar-refractivity contribution in [2.24, 2.45) is 0 Å². The monoisotopic (exact) mass is 344 g/mol. The molecule has 0 saturated carbocycles. The van der Waals surface area contributed by atoms with Gasteiger partial charge in [0.2, 0.25) is 0 Å². The maximum absolute atomic E-state index is 4.15. The maximum atomic E-state index is 4.15. The van der Waals surface area contributed by atoms with E-state index in [4.69, 9.17) is 0 Å². The Balaban J connectivity index is 1.79. The van der Waals surface area contributed by atoms with Crippen LogP contribution in [0.25, 0.3) is 0 Å². The molecule has 3 heteroatoms. The van der Waals surface area contributed by atoms with E-state index in [-0.39, 0.29) is 0 Å². The van der Waals surface area contributed by atoms with Crippen molar-refractivity contribution < 1.29 is 0 Å². The molecule has 0 N–H and O–H groups in total. The summed E-state index contributed by atoms with van der Waals surface area (Å²) in [5.41, 5.74) is 2.81. The van der Waals surface area contributed by atoms with Crippen molar-refractivity contribution in [3.63, 3.8) is 0 Å². The largest absolute Gasteiger partial charge is 0.337 e. The lowest BCUT2D eigenvalue weighted by Gasteiger charge is -2.18. The van der Waals surface area contributed by atoms with Gasteiger partial charge in [0.1, 0.15) is 0 Å². The highest BCUT2D eigenvalue weighted by molar-refractivity contribution is 7.99. The molecule has 132 valence electrons. The molecule has 0 aliphatic rings. The predicted molar refractivity (Wildman–Crippen MR) is 107 cm³/mol. The van der Waals surface area contributed by atoms with Gasteiger partial charge in [0.25, 0.3) is 0 Å². The van der Waals surface area contributed by atoms with Crippen LogP contribution in [0, 0.1) is 6.92 Å². The van der Waals surface area contributed by atoms with Gasteiger partial charge in [0.05, 0.1) is 6.33 Å². The molecule has 1 aromatic carbocycles. The Morgan fingerprint density at radius 3 is 2.50 bits per heavy atom. The second kappa shape index (κ2) is 11.4. The third kappa shape index (κ3) is 7.12. The number of thioether (sulfide) groups is 1. The highest BCUT2D eigenvalue weighted by Gasteiger charge is 2.12. The van der Waals surface area contributed by atoms with Crippen LogP contribution in [-0.2, 0) is 6.54 Å². The van der Waals surface area contributed by atoms with Gasteiger partial charge < -0.3 is 4.57 Å². The molecule has 1 aromatic heterocycles. The van der Waals surface area contributed by atoms with Crippen LogP contribution in [0.2, 0.25) is 0 Å². The number of aryl methyl sites for hydroxylation is 2. The van der Waals surface area contributed by atoms with E-state index < -0.39 is 0 Å². The molecule has 1 unspecified atom stereocenters. The summed E-state index contributed by atoms with van der Waals surface area (Å²) in [6.45, 7) is 5.48. The number of unbranched alkanes of at least 4 members (excludes halogenated alkanes) is 5. The highest BCUT2D eigenvalue weighted by Crippen LogP contribution is 2.33. The lowest BCUT2D eigenvalue weighted by atomic mass is 10.1. The summed E-state index contributed by atoms with van der Waals surface area (Å²) in [6, 6.07) is 9.10. The van der Waals surface area contributed by atoms with Gasteiger partial charge in [-0.1, -0.05) is 68.9 Å². The molecule has 24 heavy (non-hydrogen) atoms. The number of rotatable bonds is 12. The van der Waals surface area contributed by atoms with Gasteiger partial charge in [-0.05, 0) is 31.1 Å². The Kier molecular flexibility index (Phi) is 9.04. The molecule has 0 saturated heterocycles. The fraction of sp³-hybridized carbons (Fsp3) is 0.571. The molecule has 0 spiro atoms. The minimum Gasteiger partial charge on any atom is -0.337 e. The third-order valence-corrected chi connectivity index (χ3v) is 5.91. The summed E-state index contributed by atoms with van der Waals surface area (Å²) in [7, 11) is 0. The van der Waals surface area contributed by atoms with Crippen molar-refractivity contribution in [2.45, 2.75) is 70.6 Å². The molecule has 0 bridgehead atoms. The minimum absolute atomic E-state index is 0.587. The Labute approximate surface area is 152 Å². The molecular formula is C21H32N2S. The summed E-state index contributed by atoms with van der Waals surface area (Å²) in [5.74, 6) is 1.27. The number of nitrogens with zero attached hydrogens (tertiary/aromatic N) is 2. The first-order valence-electron chi connectivity index (χ1n) is 9.43. The molecule has 0 fully saturated rings. The molecule has 2 aromatic rings. The number of aromatic nitrogens is 2. The van der Waals surface area contributed by atoms with Gasteiger partial charge in [-0.3, -0.25) is 0 Å². The summed E-state index contributed by atoms with van der Waals surface area (Å²) in [6.07, 6.45) is 15.3. The third-order valence-electron chi connectivity index (χ3n) is 4.47. The first kappa shape index (κ1) is 19.1. The summed E-state index contributed by atoms with van der Waals surface area (Å²) < 4.78 is 2.19. The molecule has 2 rings (SSSR count). The van der Waals surface area contributed by atoms with Crippen LogP contribution < -0.4 is 0 Å². The molecule has 0 amide bonds. The van der Waals surface area contributed by atoms with Crippen LogP contribution in [0.15, 0.2) is 43.0 Å². The predicted octanol–water partition coefficient (Wildman–Crippen LogP) is 6.42. The average molecular weight is 345 g/mol. The van der Waals surface area contributed by atoms with Crippen molar-refractivity contribution in [3.05, 3.63) is 54.1 Å². The number of imidazole rings is 1. The van der Waals surface area contributed by atoms with E-state index >= 15 is 0 Å². The van der Waals surface area contributed by atoms with E-state index in [1.54, 1.807) is 0 Å². The molecule has 0 aliphatic heterocycles. The Hall–Kier alpha value is -1.22. The van der Waals surface area contributed by atoms with E-state index in [1.807, 2.05) is 12.5 Å². The maximum Gasteiger partial charge on any atom is 0.0945 e. The van der Waals surface area contributed by atoms with Crippen LogP contribution in [0.4, 0.5) is 0 Å². The quantitative estimate of drug-likeness (QED) is 0.414. The molecule has 1 heterocycles. The normalized spacial score (nSPS) is 12.4. The summed E-state index contributed by atoms with van der Waals surface area (Å²) >= 11 is 2.13. The Bertz CT molecular complexity index is 533. The number of hydrogen-bond donors (Lipinski definition) is 0. The van der Waals surface area contributed by atoms with Gasteiger partial charge in [-0.2, -0.15) is 11.8 Å². The van der Waals surface area contributed by atoms with Crippen LogP contribution in [-0.4, -0.2) is 15.3 Å². The van der Waals surface area contributed by atoms with Crippen molar-refractivity contribution >= 4 is 11.8 Å². The lowest BCUT2D eigenvalue weighted by molar-refractivity contribution is 0.622. The Morgan fingerprint density at radius 1 is 1.04 bits per heavy atom. The molecule has 1 atom stereocenters. The van der Waals surface area contributed by atoms with Gasteiger partial charge in [0.15, 0.2) is 0 Å². The van der Waals surface area contributed by atoms with Gasteiger partial charge in [0, 0.05) is 24.2 Å². The van der Waals surface area contributed by atoms with Crippen LogP contribution in [0.3, 0.4) is 0 Å². The zero-order valence-electron chi connectivity index (χ0n) is 15.3. The first-order valence-corrected chi connectivity index (χ1v) is 10.5. The second-order valence-electron chi connectivity index (χ2n) is 6.63. The zero-order chi connectivity index (χ0) is 17.0. The smallest absolute Gasteiger partial charge is 0.0945 e. The highest BCUT2D eigenvalue weighted by atomic mass is 32.2. The van der Waals surface area contributed by atoms with E-state index in [0.717, 1.165) is 6.54 Å². The fourth-order valence-electron chi connectivity index (χ4n) is 2.92. The Morgan fingerprint density at radius 2 is 1.79 bits per heavy atom. The van der Waals surface area contributed by atoms with Crippen molar-refractivity contribution in [1.29, 1.82) is 0 Å². The van der Waals surface area contributed by atoms with Gasteiger partial charge in [-0.25, -0.2) is 4.98 Å². The topological polar surface area (TPSA) is 17.8 Å². The van der Waals surface area contributed by atoms with E-state index in [1.165, 1.54) is 61.8 Å². The van der Waals surface area contributed by atoms with Crippen molar-refractivity contribution in [3.8, 4) is 0 Å². The lowest BCUT2D eigenvalue weighted by Crippen LogP contribution is -2.02. The fourth-order valence-corrected chi connectivity index (χ4v) is 4.20. The van der Waals surface area contributed by atoms with Gasteiger partial charge in [-0.15, -0.1) is 0 Å². The molecular weight excluding hydrogens is 312 g/mol. The standard InChI is InChI=1S/C21H32N2S/c1-3-4-5-6-7-8-17-24-21(13-15-23-16-14-22-18-23)20-11-9-19(2)10-12-20/h9-12,14,16,18,21H,3-8,13,15,17H2,1-2H3. The zero-order valence-corrected chi connectivity index (χ0v) is 16.1. The van der Waals surface area contributed by atoms with Gasteiger partial charge >= 0.3 is 0 Å². The summed E-state index contributed by atoms with van der Waals surface area (Å²) in [5, 5.41) is 0.587.